The van der Waals surface area contributed by atoms with Crippen LogP contribution in [0.15, 0.2) is 48.5 Å². The minimum absolute atomic E-state index is 0.00276. The number of alkyl halides is 3. The van der Waals surface area contributed by atoms with Gasteiger partial charge in [-0.3, -0.25) is 9.69 Å². The van der Waals surface area contributed by atoms with Crippen LogP contribution < -0.4 is 4.90 Å². The summed E-state index contributed by atoms with van der Waals surface area (Å²) in [6.45, 7) is 0.443. The zero-order chi connectivity index (χ0) is 25.3. The molecule has 0 radical (unpaired) electrons. The first kappa shape index (κ1) is 23.4. The minimum atomic E-state index is -4.76. The zero-order valence-corrected chi connectivity index (χ0v) is 19.1. The Morgan fingerprint density at radius 2 is 2.00 bits per heavy atom. The number of nitrogens with zero attached hydrogens (tertiary/aromatic N) is 2. The van der Waals surface area contributed by atoms with Gasteiger partial charge in [0.15, 0.2) is 0 Å². The van der Waals surface area contributed by atoms with Crippen molar-refractivity contribution in [3.63, 3.8) is 0 Å². The SMILES string of the molecule is N#Cc1ccc(N2C(=O)[C@H]3[C@H]4[C@@H]2OCC[C@]42C[C@@H](O)[C@@]3(COCc3ccccc3)O2)cc1C(F)(F)F. The van der Waals surface area contributed by atoms with Crippen LogP contribution in [0, 0.1) is 23.2 Å². The molecule has 0 unspecified atom stereocenters. The third-order valence-corrected chi connectivity index (χ3v) is 8.01. The Labute approximate surface area is 205 Å². The van der Waals surface area contributed by atoms with Gasteiger partial charge in [0.25, 0.3) is 0 Å². The molecule has 2 aromatic carbocycles. The van der Waals surface area contributed by atoms with E-state index in [1.54, 1.807) is 6.07 Å². The number of anilines is 1. The Hall–Kier alpha value is -2.97. The van der Waals surface area contributed by atoms with Crippen LogP contribution in [0.1, 0.15) is 29.5 Å². The van der Waals surface area contributed by atoms with E-state index in [0.29, 0.717) is 12.8 Å². The normalized spacial score (nSPS) is 34.6. The number of carbonyl (C=O) groups excluding carboxylic acids is 1. The van der Waals surface area contributed by atoms with Gasteiger partial charge in [-0.2, -0.15) is 18.4 Å². The van der Waals surface area contributed by atoms with Crippen LogP contribution in [-0.2, 0) is 31.8 Å². The highest BCUT2D eigenvalue weighted by atomic mass is 19.4. The molecule has 4 aliphatic heterocycles. The number of hydrogen-bond donors (Lipinski definition) is 1. The maximum Gasteiger partial charge on any atom is 0.417 e. The predicted molar refractivity (Wildman–Crippen MR) is 118 cm³/mol. The van der Waals surface area contributed by atoms with Gasteiger partial charge in [0.05, 0.1) is 54.6 Å². The lowest BCUT2D eigenvalue weighted by atomic mass is 9.64. The number of aliphatic hydroxyl groups excluding tert-OH is 1. The summed E-state index contributed by atoms with van der Waals surface area (Å²) in [6, 6.07) is 14.2. The summed E-state index contributed by atoms with van der Waals surface area (Å²) in [5.41, 5.74) is -2.87. The maximum atomic E-state index is 13.9. The average Bonchev–Trinajstić information content (AvgIpc) is 3.43. The summed E-state index contributed by atoms with van der Waals surface area (Å²) in [6.07, 6.45) is -5.81. The highest BCUT2D eigenvalue weighted by molar-refractivity contribution is 6.00. The summed E-state index contributed by atoms with van der Waals surface area (Å²) in [5.74, 6) is -1.78. The first-order valence-electron chi connectivity index (χ1n) is 11.8. The highest BCUT2D eigenvalue weighted by Crippen LogP contribution is 2.65. The molecule has 7 nitrogen and oxygen atoms in total. The predicted octanol–water partition coefficient (Wildman–Crippen LogP) is 3.39. The quantitative estimate of drug-likeness (QED) is 0.677. The van der Waals surface area contributed by atoms with E-state index in [1.807, 2.05) is 30.3 Å². The van der Waals surface area contributed by atoms with Crippen LogP contribution >= 0.6 is 0 Å². The maximum absolute atomic E-state index is 13.9. The summed E-state index contributed by atoms with van der Waals surface area (Å²) in [5, 5.41) is 20.3. The molecule has 4 heterocycles. The Bertz CT molecular complexity index is 1250. The third kappa shape index (κ3) is 3.23. The number of fused-ring (bicyclic) bond motifs is 2. The Morgan fingerprint density at radius 1 is 1.22 bits per heavy atom. The first-order valence-corrected chi connectivity index (χ1v) is 11.8. The van der Waals surface area contributed by atoms with Crippen molar-refractivity contribution in [2.45, 2.75) is 49.2 Å². The largest absolute Gasteiger partial charge is 0.417 e. The van der Waals surface area contributed by atoms with Crippen LogP contribution in [0.25, 0.3) is 0 Å². The Kier molecular flexibility index (Phi) is 5.22. The smallest absolute Gasteiger partial charge is 0.390 e. The molecule has 36 heavy (non-hydrogen) atoms. The van der Waals surface area contributed by atoms with Crippen molar-refractivity contribution in [1.29, 1.82) is 5.26 Å². The van der Waals surface area contributed by atoms with Gasteiger partial charge in [-0.1, -0.05) is 30.3 Å². The molecule has 6 rings (SSSR count). The molecule has 4 aliphatic rings. The van der Waals surface area contributed by atoms with Gasteiger partial charge in [-0.15, -0.1) is 0 Å². The number of benzene rings is 2. The molecule has 4 fully saturated rings. The number of carbonyl (C=O) groups is 1. The number of nitriles is 1. The van der Waals surface area contributed by atoms with E-state index >= 15 is 0 Å². The van der Waals surface area contributed by atoms with E-state index < -0.39 is 58.6 Å². The van der Waals surface area contributed by atoms with Crippen molar-refractivity contribution in [3.8, 4) is 6.07 Å². The van der Waals surface area contributed by atoms with Crippen LogP contribution in [0.4, 0.5) is 18.9 Å². The van der Waals surface area contributed by atoms with Crippen LogP contribution in [0.5, 0.6) is 0 Å². The van der Waals surface area contributed by atoms with Gasteiger partial charge >= 0.3 is 6.18 Å². The van der Waals surface area contributed by atoms with Crippen LogP contribution in [0.3, 0.4) is 0 Å². The summed E-state index contributed by atoms with van der Waals surface area (Å²) >= 11 is 0. The van der Waals surface area contributed by atoms with Gasteiger partial charge in [0.2, 0.25) is 5.91 Å². The Balaban J connectivity index is 1.36. The molecule has 0 aliphatic carbocycles. The first-order chi connectivity index (χ1) is 17.2. The number of amides is 1. The highest BCUT2D eigenvalue weighted by Gasteiger charge is 2.79. The number of ether oxygens (including phenoxy) is 3. The second kappa shape index (κ2) is 8.02. The van der Waals surface area contributed by atoms with Crippen molar-refractivity contribution < 1.29 is 37.3 Å². The van der Waals surface area contributed by atoms with Crippen molar-refractivity contribution >= 4 is 11.6 Å². The van der Waals surface area contributed by atoms with Gasteiger partial charge in [0.1, 0.15) is 11.8 Å². The van der Waals surface area contributed by atoms with Gasteiger partial charge in [0, 0.05) is 24.4 Å². The standard InChI is InChI=1S/C26H23F3N2O5/c27-26(28,29)18-10-17(7-6-16(18)12-30)31-22(33)20-21-23(31)35-9-8-24(21)11-19(32)25(20,36-24)14-34-13-15-4-2-1-3-5-15/h1-7,10,19-21,23,32H,8-9,11,13-14H2/t19-,20-,21+,23+,24+,25-/m1/s1. The van der Waals surface area contributed by atoms with E-state index in [4.69, 9.17) is 19.5 Å². The topological polar surface area (TPSA) is 92.0 Å². The summed E-state index contributed by atoms with van der Waals surface area (Å²) in [4.78, 5) is 15.1. The number of hydrogen-bond acceptors (Lipinski definition) is 6. The van der Waals surface area contributed by atoms with Crippen molar-refractivity contribution in [2.75, 3.05) is 18.1 Å². The second-order valence-corrected chi connectivity index (χ2v) is 9.88. The van der Waals surface area contributed by atoms with E-state index in [1.165, 1.54) is 11.0 Å². The fraction of sp³-hybridized carbons (Fsp3) is 0.462. The fourth-order valence-corrected chi connectivity index (χ4v) is 6.55. The molecule has 0 aromatic heterocycles. The van der Waals surface area contributed by atoms with Crippen LogP contribution in [0.2, 0.25) is 0 Å². The van der Waals surface area contributed by atoms with Crippen molar-refractivity contribution in [1.82, 2.24) is 0 Å². The van der Waals surface area contributed by atoms with Crippen LogP contribution in [-0.4, -0.2) is 47.8 Å². The van der Waals surface area contributed by atoms with E-state index in [2.05, 4.69) is 0 Å². The lowest BCUT2D eigenvalue weighted by Gasteiger charge is -2.42. The number of halogens is 3. The molecule has 2 aromatic rings. The van der Waals surface area contributed by atoms with E-state index in [0.717, 1.165) is 17.7 Å². The second-order valence-electron chi connectivity index (χ2n) is 9.88. The molecule has 4 saturated heterocycles. The molecule has 6 atom stereocenters. The lowest BCUT2D eigenvalue weighted by molar-refractivity contribution is -0.161. The van der Waals surface area contributed by atoms with E-state index in [9.17, 15) is 23.1 Å². The molecular formula is C26H23F3N2O5. The fourth-order valence-electron chi connectivity index (χ4n) is 6.55. The molecule has 10 heteroatoms. The third-order valence-electron chi connectivity index (χ3n) is 8.01. The summed E-state index contributed by atoms with van der Waals surface area (Å²) in [7, 11) is 0. The molecule has 0 saturated carbocycles. The molecule has 2 bridgehead atoms. The van der Waals surface area contributed by atoms with E-state index in [-0.39, 0.29) is 25.5 Å². The zero-order valence-electron chi connectivity index (χ0n) is 19.1. The Morgan fingerprint density at radius 3 is 2.72 bits per heavy atom. The van der Waals surface area contributed by atoms with Crippen molar-refractivity contribution in [3.05, 3.63) is 65.2 Å². The van der Waals surface area contributed by atoms with Gasteiger partial charge < -0.3 is 19.3 Å². The molecule has 1 amide bonds. The van der Waals surface area contributed by atoms with Crippen molar-refractivity contribution in [2.24, 2.45) is 11.8 Å². The summed E-state index contributed by atoms with van der Waals surface area (Å²) < 4.78 is 59.3. The molecule has 1 N–H and O–H groups in total. The monoisotopic (exact) mass is 500 g/mol. The molecule has 1 spiro atoms. The minimum Gasteiger partial charge on any atom is -0.390 e. The molecular weight excluding hydrogens is 477 g/mol. The number of rotatable bonds is 5. The molecule has 188 valence electrons. The lowest BCUT2D eigenvalue weighted by Crippen LogP contribution is -2.55. The van der Waals surface area contributed by atoms with Gasteiger partial charge in [-0.05, 0) is 23.8 Å². The average molecular weight is 500 g/mol. The van der Waals surface area contributed by atoms with Gasteiger partial charge in [-0.25, -0.2) is 0 Å². The number of aliphatic hydroxyl groups is 1.